The lowest BCUT2D eigenvalue weighted by molar-refractivity contribution is 0.0931. The maximum Gasteiger partial charge on any atom is 0.257 e. The Bertz CT molecular complexity index is 644. The second-order valence-corrected chi connectivity index (χ2v) is 4.89. The van der Waals surface area contributed by atoms with E-state index in [0.717, 1.165) is 17.7 Å². The summed E-state index contributed by atoms with van der Waals surface area (Å²) >= 11 is 0. The topological polar surface area (TPSA) is 55.1 Å². The van der Waals surface area contributed by atoms with Crippen molar-refractivity contribution in [3.63, 3.8) is 0 Å². The smallest absolute Gasteiger partial charge is 0.257 e. The monoisotopic (exact) mass is 290 g/mol. The Labute approximate surface area is 121 Å². The average molecular weight is 290 g/mol. The molecule has 0 aliphatic rings. The molecule has 2 rings (SSSR count). The molecule has 0 aliphatic carbocycles. The first kappa shape index (κ1) is 15.0. The molecule has 2 aromatic carbocycles. The lowest BCUT2D eigenvalue weighted by Gasteiger charge is -2.15. The van der Waals surface area contributed by atoms with Crippen LogP contribution in [0.5, 0.6) is 0 Å². The van der Waals surface area contributed by atoms with Gasteiger partial charge in [0.25, 0.3) is 5.91 Å². The lowest BCUT2D eigenvalue weighted by Crippen LogP contribution is -2.35. The molecule has 0 aliphatic heterocycles. The molecule has 5 heteroatoms. The number of carbonyl (C=O) groups excluding carboxylic acids is 1. The predicted molar refractivity (Wildman–Crippen MR) is 77.8 cm³/mol. The van der Waals surface area contributed by atoms with Crippen LogP contribution in [0.1, 0.15) is 22.8 Å². The number of nitrogens with two attached hydrogens (primary N) is 1. The molecule has 2 aromatic rings. The largest absolute Gasteiger partial charge is 0.396 e. The van der Waals surface area contributed by atoms with E-state index in [2.05, 4.69) is 5.32 Å². The van der Waals surface area contributed by atoms with Crippen LogP contribution in [0.2, 0.25) is 0 Å². The molecule has 0 radical (unpaired) electrons. The summed E-state index contributed by atoms with van der Waals surface area (Å²) in [6, 6.07) is 11.3. The molecule has 0 aromatic heterocycles. The molecule has 110 valence electrons. The van der Waals surface area contributed by atoms with Gasteiger partial charge in [-0.25, -0.2) is 8.78 Å². The summed E-state index contributed by atoms with van der Waals surface area (Å²) in [6.45, 7) is 1.77. The van der Waals surface area contributed by atoms with E-state index in [1.807, 2.05) is 30.3 Å². The van der Waals surface area contributed by atoms with Crippen LogP contribution in [-0.2, 0) is 6.42 Å². The third kappa shape index (κ3) is 3.56. The molecule has 1 atom stereocenters. The number of anilines is 1. The Morgan fingerprint density at radius 2 is 1.86 bits per heavy atom. The highest BCUT2D eigenvalue weighted by molar-refractivity contribution is 5.95. The quantitative estimate of drug-likeness (QED) is 0.851. The van der Waals surface area contributed by atoms with E-state index in [4.69, 9.17) is 5.73 Å². The van der Waals surface area contributed by atoms with Gasteiger partial charge in [0.2, 0.25) is 0 Å². The molecule has 1 amide bonds. The fourth-order valence-electron chi connectivity index (χ4n) is 2.09. The SMILES string of the molecule is CC(Cc1ccccc1)NC(=O)c1c(F)ccc(N)c1F. The normalized spacial score (nSPS) is 12.0. The molecule has 21 heavy (non-hydrogen) atoms. The average Bonchev–Trinajstić information content (AvgIpc) is 2.44. The zero-order valence-corrected chi connectivity index (χ0v) is 11.6. The van der Waals surface area contributed by atoms with Crippen molar-refractivity contribution in [3.05, 3.63) is 65.2 Å². The van der Waals surface area contributed by atoms with Gasteiger partial charge >= 0.3 is 0 Å². The number of hydrogen-bond acceptors (Lipinski definition) is 2. The molecule has 0 spiro atoms. The van der Waals surface area contributed by atoms with Crippen LogP contribution in [0.25, 0.3) is 0 Å². The van der Waals surface area contributed by atoms with Crippen LogP contribution in [0.15, 0.2) is 42.5 Å². The van der Waals surface area contributed by atoms with Crippen molar-refractivity contribution in [3.8, 4) is 0 Å². The van der Waals surface area contributed by atoms with E-state index in [1.165, 1.54) is 0 Å². The van der Waals surface area contributed by atoms with Gasteiger partial charge in [-0.15, -0.1) is 0 Å². The van der Waals surface area contributed by atoms with E-state index < -0.39 is 23.1 Å². The second kappa shape index (κ2) is 6.35. The fourth-order valence-corrected chi connectivity index (χ4v) is 2.09. The molecule has 0 saturated carbocycles. The Balaban J connectivity index is 2.10. The van der Waals surface area contributed by atoms with Crippen molar-refractivity contribution >= 4 is 11.6 Å². The Morgan fingerprint density at radius 3 is 2.52 bits per heavy atom. The van der Waals surface area contributed by atoms with Gasteiger partial charge in [0.05, 0.1) is 5.69 Å². The lowest BCUT2D eigenvalue weighted by atomic mass is 10.1. The number of rotatable bonds is 4. The fraction of sp³-hybridized carbons (Fsp3) is 0.188. The van der Waals surface area contributed by atoms with Gasteiger partial charge in [-0.2, -0.15) is 0 Å². The molecule has 0 fully saturated rings. The van der Waals surface area contributed by atoms with Crippen molar-refractivity contribution in [2.45, 2.75) is 19.4 Å². The second-order valence-electron chi connectivity index (χ2n) is 4.89. The first-order valence-electron chi connectivity index (χ1n) is 6.57. The maximum absolute atomic E-state index is 13.8. The van der Waals surface area contributed by atoms with Crippen molar-refractivity contribution < 1.29 is 13.6 Å². The van der Waals surface area contributed by atoms with Crippen molar-refractivity contribution in [1.29, 1.82) is 0 Å². The molecular weight excluding hydrogens is 274 g/mol. The molecule has 3 N–H and O–H groups in total. The number of nitrogens with one attached hydrogen (secondary N) is 1. The Kier molecular flexibility index (Phi) is 4.52. The Morgan fingerprint density at radius 1 is 1.19 bits per heavy atom. The van der Waals surface area contributed by atoms with E-state index in [1.54, 1.807) is 6.92 Å². The summed E-state index contributed by atoms with van der Waals surface area (Å²) < 4.78 is 27.4. The Hall–Kier alpha value is -2.43. The van der Waals surface area contributed by atoms with Gasteiger partial charge in [-0.3, -0.25) is 4.79 Å². The van der Waals surface area contributed by atoms with E-state index in [0.29, 0.717) is 6.42 Å². The van der Waals surface area contributed by atoms with Gasteiger partial charge in [0.1, 0.15) is 11.4 Å². The van der Waals surface area contributed by atoms with E-state index in [-0.39, 0.29) is 11.7 Å². The number of hydrogen-bond donors (Lipinski definition) is 2. The minimum absolute atomic E-state index is 0.253. The van der Waals surface area contributed by atoms with Crippen LogP contribution in [0.3, 0.4) is 0 Å². The summed E-state index contributed by atoms with van der Waals surface area (Å²) in [4.78, 5) is 12.0. The van der Waals surface area contributed by atoms with Gasteiger partial charge in [0.15, 0.2) is 5.82 Å². The van der Waals surface area contributed by atoms with Crippen LogP contribution < -0.4 is 11.1 Å². The first-order chi connectivity index (χ1) is 9.99. The van der Waals surface area contributed by atoms with Gasteiger partial charge in [0, 0.05) is 6.04 Å². The molecular formula is C16H16F2N2O. The van der Waals surface area contributed by atoms with Crippen LogP contribution in [-0.4, -0.2) is 11.9 Å². The highest BCUT2D eigenvalue weighted by Crippen LogP contribution is 2.18. The van der Waals surface area contributed by atoms with Crippen molar-refractivity contribution in [2.75, 3.05) is 5.73 Å². The van der Waals surface area contributed by atoms with Crippen LogP contribution in [0.4, 0.5) is 14.5 Å². The van der Waals surface area contributed by atoms with Gasteiger partial charge in [-0.1, -0.05) is 30.3 Å². The minimum Gasteiger partial charge on any atom is -0.396 e. The molecule has 0 bridgehead atoms. The summed E-state index contributed by atoms with van der Waals surface area (Å²) in [5.74, 6) is -2.76. The third-order valence-electron chi connectivity index (χ3n) is 3.11. The minimum atomic E-state index is -1.03. The standard InChI is InChI=1S/C16H16F2N2O/c1-10(9-11-5-3-2-4-6-11)20-16(21)14-12(17)7-8-13(19)15(14)18/h2-8,10H,9,19H2,1H3,(H,20,21). The summed E-state index contributed by atoms with van der Waals surface area (Å²) in [5.41, 5.74) is 5.49. The number of benzene rings is 2. The van der Waals surface area contributed by atoms with E-state index >= 15 is 0 Å². The molecule has 1 unspecified atom stereocenters. The molecule has 3 nitrogen and oxygen atoms in total. The zero-order chi connectivity index (χ0) is 15.4. The number of amides is 1. The molecule has 0 saturated heterocycles. The van der Waals surface area contributed by atoms with Crippen LogP contribution in [0, 0.1) is 11.6 Å². The van der Waals surface area contributed by atoms with Gasteiger partial charge in [-0.05, 0) is 31.0 Å². The summed E-state index contributed by atoms with van der Waals surface area (Å²) in [5, 5.41) is 2.58. The predicted octanol–water partition coefficient (Wildman–Crippen LogP) is 2.91. The van der Waals surface area contributed by atoms with E-state index in [9.17, 15) is 13.6 Å². The number of carbonyl (C=O) groups is 1. The summed E-state index contributed by atoms with van der Waals surface area (Å²) in [7, 11) is 0. The van der Waals surface area contributed by atoms with Crippen LogP contribution >= 0.6 is 0 Å². The zero-order valence-electron chi connectivity index (χ0n) is 11.6. The highest BCUT2D eigenvalue weighted by Gasteiger charge is 2.20. The van der Waals surface area contributed by atoms with Gasteiger partial charge < -0.3 is 11.1 Å². The summed E-state index contributed by atoms with van der Waals surface area (Å²) in [6.07, 6.45) is 0.568. The molecule has 0 heterocycles. The van der Waals surface area contributed by atoms with Crippen molar-refractivity contribution in [2.24, 2.45) is 0 Å². The number of nitrogen functional groups attached to an aromatic ring is 1. The number of halogens is 2. The third-order valence-corrected chi connectivity index (χ3v) is 3.11. The van der Waals surface area contributed by atoms with Crippen molar-refractivity contribution in [1.82, 2.24) is 5.32 Å². The first-order valence-corrected chi connectivity index (χ1v) is 6.57. The maximum atomic E-state index is 13.8. The highest BCUT2D eigenvalue weighted by atomic mass is 19.1.